The van der Waals surface area contributed by atoms with Crippen LogP contribution in [0.5, 0.6) is 5.75 Å². The minimum Gasteiger partial charge on any atom is -0.504 e. The number of phenolic OH excluding ortho intramolecular Hbond substituents is 1. The zero-order valence-electron chi connectivity index (χ0n) is 8.70. The maximum Gasteiger partial charge on any atom is 0.222 e. The lowest BCUT2D eigenvalue weighted by atomic mass is 10.0. The van der Waals surface area contributed by atoms with Crippen LogP contribution in [0.2, 0.25) is 0 Å². The van der Waals surface area contributed by atoms with Gasteiger partial charge in [0.25, 0.3) is 0 Å². The number of nitrogen functional groups attached to an aromatic ring is 1. The number of nitrogens with two attached hydrogens (primary N) is 1. The molecule has 0 atom stereocenters. The molecule has 0 saturated carbocycles. The van der Waals surface area contributed by atoms with Crippen LogP contribution < -0.4 is 5.73 Å². The van der Waals surface area contributed by atoms with Gasteiger partial charge in [-0.05, 0) is 24.1 Å². The van der Waals surface area contributed by atoms with E-state index in [1.54, 1.807) is 6.07 Å². The fraction of sp³-hybridized carbons (Fsp3) is 0.182. The molecule has 2 aromatic rings. The van der Waals surface area contributed by atoms with Gasteiger partial charge in [-0.25, -0.2) is 4.39 Å². The first-order chi connectivity index (χ1) is 7.61. The van der Waals surface area contributed by atoms with Crippen molar-refractivity contribution in [1.29, 1.82) is 0 Å². The molecule has 0 amide bonds. The average molecular weight is 222 g/mol. The number of hydrogen-bond acceptors (Lipinski definition) is 4. The lowest BCUT2D eigenvalue weighted by Crippen LogP contribution is -1.88. The van der Waals surface area contributed by atoms with E-state index in [1.165, 1.54) is 12.1 Å². The molecule has 0 saturated heterocycles. The van der Waals surface area contributed by atoms with E-state index in [1.807, 2.05) is 6.92 Å². The van der Waals surface area contributed by atoms with Crippen molar-refractivity contribution in [1.82, 2.24) is 5.16 Å². The van der Waals surface area contributed by atoms with E-state index in [0.29, 0.717) is 12.1 Å². The lowest BCUT2D eigenvalue weighted by molar-refractivity contribution is 0.427. The van der Waals surface area contributed by atoms with Gasteiger partial charge in [-0.15, -0.1) is 0 Å². The summed E-state index contributed by atoms with van der Waals surface area (Å²) in [5, 5.41) is 13.2. The van der Waals surface area contributed by atoms with Crippen molar-refractivity contribution >= 4 is 5.88 Å². The Balaban J connectivity index is 2.59. The maximum absolute atomic E-state index is 13.4. The van der Waals surface area contributed by atoms with E-state index in [0.717, 1.165) is 5.56 Å². The summed E-state index contributed by atoms with van der Waals surface area (Å²) in [7, 11) is 0. The quantitative estimate of drug-likeness (QED) is 0.817. The zero-order chi connectivity index (χ0) is 11.7. The summed E-state index contributed by atoms with van der Waals surface area (Å²) in [6.45, 7) is 1.90. The molecule has 0 aliphatic carbocycles. The SMILES string of the molecule is CCc1cc(F)c(O)c(-c2cc(N)on2)c1. The van der Waals surface area contributed by atoms with Gasteiger partial charge in [-0.2, -0.15) is 0 Å². The fourth-order valence-electron chi connectivity index (χ4n) is 1.47. The van der Waals surface area contributed by atoms with Gasteiger partial charge in [-0.1, -0.05) is 12.1 Å². The van der Waals surface area contributed by atoms with Crippen LogP contribution in [0.3, 0.4) is 0 Å². The van der Waals surface area contributed by atoms with Gasteiger partial charge < -0.3 is 15.4 Å². The number of phenols is 1. The molecule has 0 spiro atoms. The molecule has 2 rings (SSSR count). The smallest absolute Gasteiger partial charge is 0.222 e. The van der Waals surface area contributed by atoms with Crippen LogP contribution in [0.25, 0.3) is 11.3 Å². The number of rotatable bonds is 2. The molecule has 0 bridgehead atoms. The second kappa shape index (κ2) is 3.84. The van der Waals surface area contributed by atoms with E-state index in [4.69, 9.17) is 5.73 Å². The largest absolute Gasteiger partial charge is 0.504 e. The summed E-state index contributed by atoms with van der Waals surface area (Å²) in [4.78, 5) is 0. The number of aryl methyl sites for hydroxylation is 1. The minimum absolute atomic E-state index is 0.122. The zero-order valence-corrected chi connectivity index (χ0v) is 8.70. The van der Waals surface area contributed by atoms with Crippen LogP contribution in [0, 0.1) is 5.82 Å². The van der Waals surface area contributed by atoms with E-state index in [-0.39, 0.29) is 11.4 Å². The highest BCUT2D eigenvalue weighted by Gasteiger charge is 2.14. The van der Waals surface area contributed by atoms with Crippen molar-refractivity contribution in [2.45, 2.75) is 13.3 Å². The third kappa shape index (κ3) is 1.71. The standard InChI is InChI=1S/C11H11FN2O2/c1-2-6-3-7(11(15)8(12)4-6)9-5-10(13)16-14-9/h3-5,15H,2,13H2,1H3. The molecule has 16 heavy (non-hydrogen) atoms. The molecule has 0 aliphatic rings. The van der Waals surface area contributed by atoms with Gasteiger partial charge in [0.1, 0.15) is 5.69 Å². The number of nitrogens with zero attached hydrogens (tertiary/aromatic N) is 1. The van der Waals surface area contributed by atoms with E-state index >= 15 is 0 Å². The predicted octanol–water partition coefficient (Wildman–Crippen LogP) is 2.33. The second-order valence-electron chi connectivity index (χ2n) is 3.44. The number of benzene rings is 1. The third-order valence-electron chi connectivity index (χ3n) is 2.34. The topological polar surface area (TPSA) is 72.3 Å². The van der Waals surface area contributed by atoms with Gasteiger partial charge >= 0.3 is 0 Å². The number of hydrogen-bond donors (Lipinski definition) is 2. The third-order valence-corrected chi connectivity index (χ3v) is 2.34. The summed E-state index contributed by atoms with van der Waals surface area (Å²) < 4.78 is 18.1. The Kier molecular flexibility index (Phi) is 2.52. The van der Waals surface area contributed by atoms with Crippen molar-refractivity contribution in [2.75, 3.05) is 5.73 Å². The highest BCUT2D eigenvalue weighted by atomic mass is 19.1. The monoisotopic (exact) mass is 222 g/mol. The molecule has 0 aliphatic heterocycles. The van der Waals surface area contributed by atoms with Crippen LogP contribution in [-0.4, -0.2) is 10.3 Å². The molecule has 0 unspecified atom stereocenters. The van der Waals surface area contributed by atoms with Gasteiger partial charge in [0, 0.05) is 11.6 Å². The van der Waals surface area contributed by atoms with E-state index in [2.05, 4.69) is 9.68 Å². The first kappa shape index (κ1) is 10.5. The first-order valence-electron chi connectivity index (χ1n) is 4.85. The van der Waals surface area contributed by atoms with Gasteiger partial charge in [0.05, 0.1) is 0 Å². The molecule has 3 N–H and O–H groups in total. The molecule has 1 aromatic carbocycles. The first-order valence-corrected chi connectivity index (χ1v) is 4.85. The Morgan fingerprint density at radius 1 is 1.44 bits per heavy atom. The van der Waals surface area contributed by atoms with Crippen molar-refractivity contribution in [2.24, 2.45) is 0 Å². The van der Waals surface area contributed by atoms with Crippen molar-refractivity contribution < 1.29 is 14.0 Å². The Morgan fingerprint density at radius 3 is 2.75 bits per heavy atom. The number of halogens is 1. The molecular formula is C11H11FN2O2. The molecule has 4 nitrogen and oxygen atoms in total. The summed E-state index contributed by atoms with van der Waals surface area (Å²) >= 11 is 0. The van der Waals surface area contributed by atoms with Crippen molar-refractivity contribution in [3.8, 4) is 17.0 Å². The molecule has 0 radical (unpaired) electrons. The van der Waals surface area contributed by atoms with Gasteiger partial charge in [0.2, 0.25) is 5.88 Å². The highest BCUT2D eigenvalue weighted by Crippen LogP contribution is 2.32. The number of aromatic nitrogens is 1. The van der Waals surface area contributed by atoms with Crippen LogP contribution in [0.4, 0.5) is 10.3 Å². The molecule has 1 heterocycles. The van der Waals surface area contributed by atoms with Crippen LogP contribution in [0.15, 0.2) is 22.7 Å². The van der Waals surface area contributed by atoms with Crippen LogP contribution >= 0.6 is 0 Å². The Bertz CT molecular complexity index is 523. The van der Waals surface area contributed by atoms with Crippen molar-refractivity contribution in [3.05, 3.63) is 29.6 Å². The summed E-state index contributed by atoms with van der Waals surface area (Å²) in [6.07, 6.45) is 0.664. The maximum atomic E-state index is 13.4. The highest BCUT2D eigenvalue weighted by molar-refractivity contribution is 5.69. The molecule has 1 aromatic heterocycles. The summed E-state index contributed by atoms with van der Waals surface area (Å²) in [5.41, 5.74) is 6.75. The summed E-state index contributed by atoms with van der Waals surface area (Å²) in [6, 6.07) is 4.39. The summed E-state index contributed by atoms with van der Waals surface area (Å²) in [5.74, 6) is -0.988. The normalized spacial score (nSPS) is 10.6. The van der Waals surface area contributed by atoms with Crippen molar-refractivity contribution in [3.63, 3.8) is 0 Å². The van der Waals surface area contributed by atoms with E-state index in [9.17, 15) is 9.50 Å². The van der Waals surface area contributed by atoms with Gasteiger partial charge in [0.15, 0.2) is 11.6 Å². The Hall–Kier alpha value is -2.04. The molecule has 5 heteroatoms. The molecular weight excluding hydrogens is 211 g/mol. The molecule has 84 valence electrons. The Labute approximate surface area is 91.5 Å². The number of anilines is 1. The lowest BCUT2D eigenvalue weighted by Gasteiger charge is -2.05. The van der Waals surface area contributed by atoms with Crippen LogP contribution in [0.1, 0.15) is 12.5 Å². The minimum atomic E-state index is -0.670. The second-order valence-corrected chi connectivity index (χ2v) is 3.44. The van der Waals surface area contributed by atoms with E-state index < -0.39 is 11.6 Å². The molecule has 0 fully saturated rings. The predicted molar refractivity (Wildman–Crippen MR) is 57.4 cm³/mol. The van der Waals surface area contributed by atoms with Crippen LogP contribution in [-0.2, 0) is 6.42 Å². The number of aromatic hydroxyl groups is 1. The average Bonchev–Trinajstić information content (AvgIpc) is 2.68. The van der Waals surface area contributed by atoms with Gasteiger partial charge in [-0.3, -0.25) is 0 Å². The Morgan fingerprint density at radius 2 is 2.19 bits per heavy atom. The fourth-order valence-corrected chi connectivity index (χ4v) is 1.47.